The smallest absolute Gasteiger partial charge is 0.171 e. The summed E-state index contributed by atoms with van der Waals surface area (Å²) in [6.07, 6.45) is 5.00. The highest BCUT2D eigenvalue weighted by Crippen LogP contribution is 2.26. The molecule has 0 aliphatic heterocycles. The number of halogens is 6. The minimum Gasteiger partial charge on any atom is -0.326 e. The van der Waals surface area contributed by atoms with E-state index in [0.717, 1.165) is 12.1 Å². The van der Waals surface area contributed by atoms with Gasteiger partial charge >= 0.3 is 0 Å². The van der Waals surface area contributed by atoms with E-state index in [-0.39, 0.29) is 0 Å². The summed E-state index contributed by atoms with van der Waals surface area (Å²) in [6.45, 7) is -0.638. The Balaban J connectivity index is 3.44. The van der Waals surface area contributed by atoms with E-state index in [1.165, 1.54) is 0 Å². The number of nitrogens with zero attached hydrogens (tertiary/aromatic N) is 2. The first-order valence-corrected chi connectivity index (χ1v) is 6.63. The molecule has 0 saturated carbocycles. The molecule has 0 aliphatic rings. The quantitative estimate of drug-likeness (QED) is 0.474. The van der Waals surface area contributed by atoms with Crippen LogP contribution in [0.2, 0.25) is 0 Å². The van der Waals surface area contributed by atoms with E-state index in [1.54, 1.807) is 5.92 Å². The summed E-state index contributed by atoms with van der Waals surface area (Å²) in [7, 11) is 0. The van der Waals surface area contributed by atoms with Crippen molar-refractivity contribution >= 4 is 21.9 Å². The topological polar surface area (TPSA) is 73.6 Å². The lowest BCUT2D eigenvalue weighted by Crippen LogP contribution is -2.26. The van der Waals surface area contributed by atoms with Gasteiger partial charge in [-0.05, 0) is 0 Å². The van der Waals surface area contributed by atoms with Crippen LogP contribution in [0.4, 0.5) is 26.3 Å². The maximum absolute atomic E-state index is 14.6. The number of hydrogen-bond donors (Lipinski definition) is 1. The fourth-order valence-electron chi connectivity index (χ4n) is 2.37. The van der Waals surface area contributed by atoms with Gasteiger partial charge in [0.15, 0.2) is 23.3 Å². The van der Waals surface area contributed by atoms with Crippen LogP contribution in [-0.4, -0.2) is 6.54 Å². The van der Waals surface area contributed by atoms with Crippen LogP contribution in [0.15, 0.2) is 0 Å². The summed E-state index contributed by atoms with van der Waals surface area (Å²) in [5.74, 6) is -10.4. The Bertz CT molecular complexity index is 1190. The Kier molecular flexibility index (Phi) is 4.93. The van der Waals surface area contributed by atoms with Gasteiger partial charge in [0.2, 0.25) is 0 Å². The Hall–Kier alpha value is -3.48. The van der Waals surface area contributed by atoms with Crippen molar-refractivity contribution in [2.75, 3.05) is 6.54 Å². The monoisotopic (exact) mass is 365 g/mol. The highest BCUT2D eigenvalue weighted by Gasteiger charge is 2.28. The van der Waals surface area contributed by atoms with Crippen LogP contribution in [0.5, 0.6) is 0 Å². The summed E-state index contributed by atoms with van der Waals surface area (Å²) < 4.78 is 86.0. The first kappa shape index (κ1) is 18.9. The third kappa shape index (κ3) is 2.45. The average Bonchev–Trinajstić information content (AvgIpc) is 2.63. The summed E-state index contributed by atoms with van der Waals surface area (Å²) in [6, 6.07) is 2.18. The zero-order valence-corrected chi connectivity index (χ0v) is 12.5. The van der Waals surface area contributed by atoms with Crippen LogP contribution >= 0.6 is 0 Å². The molecular weight excluding hydrogens is 360 g/mol. The average molecular weight is 365 g/mol. The largest absolute Gasteiger partial charge is 0.326 e. The summed E-state index contributed by atoms with van der Waals surface area (Å²) >= 11 is 0. The SMILES string of the molecule is C#C/C(CN)=c1\c(F)c(F)c2c(F)c(=C(C#N)C#N)c(F)c(F)c2c1F. The molecule has 26 heavy (non-hydrogen) atoms. The van der Waals surface area contributed by atoms with E-state index in [1.807, 2.05) is 0 Å². The van der Waals surface area contributed by atoms with Crippen LogP contribution in [0, 0.1) is 69.9 Å². The van der Waals surface area contributed by atoms with Gasteiger partial charge in [-0.15, -0.1) is 6.42 Å². The maximum Gasteiger partial charge on any atom is 0.171 e. The highest BCUT2D eigenvalue weighted by molar-refractivity contribution is 5.88. The van der Waals surface area contributed by atoms with Crippen molar-refractivity contribution in [3.05, 3.63) is 45.3 Å². The lowest BCUT2D eigenvalue weighted by atomic mass is 10.0. The molecule has 0 bridgehead atoms. The highest BCUT2D eigenvalue weighted by atomic mass is 19.2. The van der Waals surface area contributed by atoms with Gasteiger partial charge in [-0.1, -0.05) is 5.92 Å². The molecule has 0 radical (unpaired) electrons. The number of nitrogens with two attached hydrogens (primary N) is 1. The number of hydrogen-bond acceptors (Lipinski definition) is 3. The lowest BCUT2D eigenvalue weighted by molar-refractivity contribution is 0.471. The zero-order valence-electron chi connectivity index (χ0n) is 12.5. The molecule has 0 aromatic heterocycles. The fourth-order valence-corrected chi connectivity index (χ4v) is 2.37. The van der Waals surface area contributed by atoms with Gasteiger partial charge in [0.05, 0.1) is 21.2 Å². The molecule has 0 amide bonds. The van der Waals surface area contributed by atoms with Crippen molar-refractivity contribution in [1.29, 1.82) is 10.5 Å². The van der Waals surface area contributed by atoms with Crippen molar-refractivity contribution < 1.29 is 26.3 Å². The summed E-state index contributed by atoms with van der Waals surface area (Å²) in [4.78, 5) is 0. The van der Waals surface area contributed by atoms with Crippen molar-refractivity contribution in [1.82, 2.24) is 0 Å². The van der Waals surface area contributed by atoms with Crippen molar-refractivity contribution in [3.8, 4) is 24.5 Å². The summed E-state index contributed by atoms with van der Waals surface area (Å²) in [5.41, 5.74) is 3.34. The van der Waals surface area contributed by atoms with Gasteiger partial charge in [-0.2, -0.15) is 10.5 Å². The molecular formula is C17H5F6N3. The second-order valence-electron chi connectivity index (χ2n) is 4.81. The number of benzene rings is 2. The summed E-state index contributed by atoms with van der Waals surface area (Å²) in [5, 5.41) is 11.5. The van der Waals surface area contributed by atoms with Gasteiger partial charge in [0.1, 0.15) is 29.3 Å². The van der Waals surface area contributed by atoms with Gasteiger partial charge in [0.25, 0.3) is 0 Å². The van der Waals surface area contributed by atoms with Crippen LogP contribution in [0.3, 0.4) is 0 Å². The van der Waals surface area contributed by atoms with Crippen LogP contribution in [0.1, 0.15) is 0 Å². The molecule has 0 saturated heterocycles. The Labute approximate surface area is 141 Å². The van der Waals surface area contributed by atoms with Gasteiger partial charge < -0.3 is 5.73 Å². The molecule has 3 nitrogen and oxygen atoms in total. The van der Waals surface area contributed by atoms with E-state index in [2.05, 4.69) is 0 Å². The zero-order chi connectivity index (χ0) is 19.8. The molecule has 2 rings (SSSR count). The third-order valence-corrected chi connectivity index (χ3v) is 3.55. The molecule has 0 aliphatic carbocycles. The lowest BCUT2D eigenvalue weighted by Gasteiger charge is -2.10. The molecule has 0 heterocycles. The van der Waals surface area contributed by atoms with Crippen LogP contribution in [0.25, 0.3) is 21.9 Å². The van der Waals surface area contributed by atoms with Crippen molar-refractivity contribution in [3.63, 3.8) is 0 Å². The van der Waals surface area contributed by atoms with E-state index in [9.17, 15) is 26.3 Å². The molecule has 130 valence electrons. The molecule has 0 atom stereocenters. The van der Waals surface area contributed by atoms with Crippen LogP contribution in [-0.2, 0) is 0 Å². The second kappa shape index (κ2) is 6.79. The Morgan fingerprint density at radius 2 is 1.19 bits per heavy atom. The minimum atomic E-state index is -2.12. The molecule has 2 aromatic carbocycles. The third-order valence-electron chi connectivity index (χ3n) is 3.55. The number of terminal acetylenes is 1. The van der Waals surface area contributed by atoms with Crippen LogP contribution < -0.4 is 16.2 Å². The Morgan fingerprint density at radius 3 is 1.58 bits per heavy atom. The van der Waals surface area contributed by atoms with E-state index in [0.29, 0.717) is 0 Å². The molecule has 0 spiro atoms. The number of fused-ring (bicyclic) bond motifs is 1. The number of rotatable bonds is 1. The van der Waals surface area contributed by atoms with Gasteiger partial charge in [-0.3, -0.25) is 0 Å². The number of nitriles is 2. The molecule has 2 N–H and O–H groups in total. The normalized spacial score (nSPS) is 11.5. The minimum absolute atomic E-state index is 0.605. The first-order chi connectivity index (χ1) is 12.3. The van der Waals surface area contributed by atoms with Crippen molar-refractivity contribution in [2.24, 2.45) is 5.73 Å². The standard InChI is InChI=1S/C17H5F6N3/c1-2-6(3-24)8-12(18)10-11(16(22)14(8)20)13(19)9(7(4-25)5-26)15(21)17(10)23/h1H,3,24H2/b8-6+. The molecule has 0 unspecified atom stereocenters. The second-order valence-corrected chi connectivity index (χ2v) is 4.81. The van der Waals surface area contributed by atoms with E-state index < -0.39 is 73.8 Å². The van der Waals surface area contributed by atoms with E-state index >= 15 is 0 Å². The molecule has 9 heteroatoms. The van der Waals surface area contributed by atoms with Gasteiger partial charge in [0, 0.05) is 12.1 Å². The van der Waals surface area contributed by atoms with Crippen molar-refractivity contribution in [2.45, 2.75) is 0 Å². The Morgan fingerprint density at radius 1 is 0.769 bits per heavy atom. The van der Waals surface area contributed by atoms with E-state index in [4.69, 9.17) is 22.7 Å². The predicted molar refractivity (Wildman–Crippen MR) is 78.9 cm³/mol. The maximum atomic E-state index is 14.6. The molecule has 2 aromatic rings. The van der Waals surface area contributed by atoms with Gasteiger partial charge in [-0.25, -0.2) is 26.3 Å². The predicted octanol–water partition coefficient (Wildman–Crippen LogP) is 1.61. The first-order valence-electron chi connectivity index (χ1n) is 6.63. The molecule has 0 fully saturated rings. The fraction of sp³-hybridized carbons (Fsp3) is 0.0588.